The van der Waals surface area contributed by atoms with Crippen LogP contribution < -0.4 is 0 Å². The number of hydrogen-bond acceptors (Lipinski definition) is 6. The highest BCUT2D eigenvalue weighted by Gasteiger charge is 2.16. The maximum Gasteiger partial charge on any atom is 0.306 e. The summed E-state index contributed by atoms with van der Waals surface area (Å²) >= 11 is 3.66. The van der Waals surface area contributed by atoms with Crippen LogP contribution in [0.3, 0.4) is 0 Å². The van der Waals surface area contributed by atoms with E-state index in [1.165, 1.54) is 29.6 Å². The third kappa shape index (κ3) is 5.08. The van der Waals surface area contributed by atoms with E-state index in [1.807, 2.05) is 29.6 Å². The molecule has 0 aliphatic rings. The molecule has 6 heteroatoms. The fourth-order valence-electron chi connectivity index (χ4n) is 3.83. The Labute approximate surface area is 189 Å². The molecule has 1 unspecified atom stereocenters. The summed E-state index contributed by atoms with van der Waals surface area (Å²) in [7, 11) is 0. The van der Waals surface area contributed by atoms with Gasteiger partial charge in [0.05, 0.1) is 16.0 Å². The van der Waals surface area contributed by atoms with Crippen LogP contribution in [0.2, 0.25) is 0 Å². The summed E-state index contributed by atoms with van der Waals surface area (Å²) in [5, 5.41) is 2.60. The highest BCUT2D eigenvalue weighted by Crippen LogP contribution is 2.44. The van der Waals surface area contributed by atoms with Crippen LogP contribution >= 0.6 is 22.7 Å². The first-order valence-corrected chi connectivity index (χ1v) is 12.4. The van der Waals surface area contributed by atoms with Crippen molar-refractivity contribution in [2.75, 3.05) is 6.61 Å². The van der Waals surface area contributed by atoms with E-state index in [9.17, 15) is 9.59 Å². The van der Waals surface area contributed by atoms with E-state index in [0.29, 0.717) is 19.5 Å². The van der Waals surface area contributed by atoms with Crippen LogP contribution in [0.5, 0.6) is 0 Å². The number of benzene rings is 2. The van der Waals surface area contributed by atoms with Gasteiger partial charge in [-0.15, -0.1) is 22.7 Å². The van der Waals surface area contributed by atoms with Gasteiger partial charge in [0.25, 0.3) is 6.47 Å². The van der Waals surface area contributed by atoms with Crippen molar-refractivity contribution < 1.29 is 19.1 Å². The van der Waals surface area contributed by atoms with Gasteiger partial charge in [-0.2, -0.15) is 0 Å². The first kappa shape index (κ1) is 21.8. The average molecular weight is 455 g/mol. The van der Waals surface area contributed by atoms with E-state index >= 15 is 0 Å². The standard InChI is InChI=1S/C25H26O4S2/c1-17(29-23(27)11-5-3-2-4-8-14-28-16-26)18-12-13-20-22(15-18)31-24-19-9-6-7-10-21(19)30-25(20)24/h6-7,9-10,12-13,15-17H,2-5,8,11,14H2,1H3. The lowest BCUT2D eigenvalue weighted by atomic mass is 10.1. The van der Waals surface area contributed by atoms with Gasteiger partial charge in [-0.05, 0) is 37.5 Å². The quantitative estimate of drug-likeness (QED) is 0.135. The molecule has 4 aromatic rings. The molecule has 0 saturated carbocycles. The van der Waals surface area contributed by atoms with Crippen molar-refractivity contribution in [1.29, 1.82) is 0 Å². The second-order valence-corrected chi connectivity index (χ2v) is 9.84. The summed E-state index contributed by atoms with van der Waals surface area (Å²) in [6.45, 7) is 2.90. The molecule has 0 saturated heterocycles. The average Bonchev–Trinajstić information content (AvgIpc) is 3.31. The van der Waals surface area contributed by atoms with Gasteiger partial charge < -0.3 is 9.47 Å². The second-order valence-electron chi connectivity index (χ2n) is 7.73. The lowest BCUT2D eigenvalue weighted by Gasteiger charge is -2.14. The van der Waals surface area contributed by atoms with Crippen molar-refractivity contribution in [3.63, 3.8) is 0 Å². The summed E-state index contributed by atoms with van der Waals surface area (Å²) in [6.07, 6.45) is 4.91. The van der Waals surface area contributed by atoms with Crippen molar-refractivity contribution in [3.8, 4) is 0 Å². The van der Waals surface area contributed by atoms with Gasteiger partial charge in [0, 0.05) is 26.6 Å². The molecular weight excluding hydrogens is 428 g/mol. The van der Waals surface area contributed by atoms with Crippen LogP contribution in [0, 0.1) is 0 Å². The number of unbranched alkanes of at least 4 members (excludes halogenated alkanes) is 4. The molecule has 2 heterocycles. The van der Waals surface area contributed by atoms with Crippen LogP contribution in [0.4, 0.5) is 0 Å². The largest absolute Gasteiger partial charge is 0.468 e. The maximum absolute atomic E-state index is 12.2. The van der Waals surface area contributed by atoms with Crippen LogP contribution in [0.25, 0.3) is 29.6 Å². The van der Waals surface area contributed by atoms with E-state index in [0.717, 1.165) is 37.7 Å². The van der Waals surface area contributed by atoms with Crippen molar-refractivity contribution in [2.45, 2.75) is 51.6 Å². The van der Waals surface area contributed by atoms with Gasteiger partial charge in [-0.1, -0.05) is 49.6 Å². The van der Waals surface area contributed by atoms with E-state index in [4.69, 9.17) is 4.74 Å². The third-order valence-corrected chi connectivity index (χ3v) is 8.02. The minimum Gasteiger partial charge on any atom is -0.468 e. The number of rotatable bonds is 11. The number of ether oxygens (including phenoxy) is 2. The lowest BCUT2D eigenvalue weighted by Crippen LogP contribution is -2.08. The molecule has 0 aliphatic heterocycles. The van der Waals surface area contributed by atoms with E-state index in [2.05, 4.69) is 47.2 Å². The van der Waals surface area contributed by atoms with Crippen LogP contribution in [-0.2, 0) is 19.1 Å². The molecule has 31 heavy (non-hydrogen) atoms. The third-order valence-electron chi connectivity index (χ3n) is 5.50. The summed E-state index contributed by atoms with van der Waals surface area (Å²) in [5.41, 5.74) is 1.04. The monoisotopic (exact) mass is 454 g/mol. The molecule has 0 N–H and O–H groups in total. The van der Waals surface area contributed by atoms with Gasteiger partial charge >= 0.3 is 5.97 Å². The van der Waals surface area contributed by atoms with E-state index in [-0.39, 0.29) is 12.1 Å². The molecule has 0 bridgehead atoms. The smallest absolute Gasteiger partial charge is 0.306 e. The van der Waals surface area contributed by atoms with Crippen LogP contribution in [0.1, 0.15) is 57.1 Å². The SMILES string of the molecule is CC(OC(=O)CCCCCCCOC=O)c1ccc2c(c1)sc1c3ccccc3sc21. The van der Waals surface area contributed by atoms with Crippen LogP contribution in [0.15, 0.2) is 42.5 Å². The molecule has 0 spiro atoms. The van der Waals surface area contributed by atoms with Gasteiger partial charge in [0.1, 0.15) is 6.10 Å². The van der Waals surface area contributed by atoms with Gasteiger partial charge in [0.15, 0.2) is 0 Å². The van der Waals surface area contributed by atoms with E-state index in [1.54, 1.807) is 0 Å². The molecule has 4 nitrogen and oxygen atoms in total. The van der Waals surface area contributed by atoms with Crippen molar-refractivity contribution in [3.05, 3.63) is 48.0 Å². The second kappa shape index (κ2) is 10.2. The molecule has 0 amide bonds. The van der Waals surface area contributed by atoms with Gasteiger partial charge in [0.2, 0.25) is 0 Å². The lowest BCUT2D eigenvalue weighted by molar-refractivity contribution is -0.148. The molecular formula is C25H26O4S2. The highest BCUT2D eigenvalue weighted by atomic mass is 32.1. The Balaban J connectivity index is 1.32. The summed E-state index contributed by atoms with van der Waals surface area (Å²) in [6, 6.07) is 15.0. The number of hydrogen-bond donors (Lipinski definition) is 0. The number of thiophene rings is 2. The molecule has 2 aromatic heterocycles. The van der Waals surface area contributed by atoms with Crippen molar-refractivity contribution in [2.24, 2.45) is 0 Å². The Hall–Kier alpha value is -2.44. The Kier molecular flexibility index (Phi) is 7.20. The summed E-state index contributed by atoms with van der Waals surface area (Å²) in [4.78, 5) is 22.3. The predicted octanol–water partition coefficient (Wildman–Crippen LogP) is 7.39. The topological polar surface area (TPSA) is 52.6 Å². The fourth-order valence-corrected chi connectivity index (χ4v) is 6.53. The molecule has 0 aliphatic carbocycles. The zero-order valence-corrected chi connectivity index (χ0v) is 19.2. The Morgan fingerprint density at radius 1 is 0.935 bits per heavy atom. The van der Waals surface area contributed by atoms with E-state index < -0.39 is 0 Å². The minimum atomic E-state index is -0.255. The molecule has 2 aromatic carbocycles. The molecule has 4 rings (SSSR count). The molecule has 1 atom stereocenters. The summed E-state index contributed by atoms with van der Waals surface area (Å²) in [5.74, 6) is -0.143. The van der Waals surface area contributed by atoms with Gasteiger partial charge in [-0.25, -0.2) is 0 Å². The molecule has 0 fully saturated rings. The minimum absolute atomic E-state index is 0.143. The normalized spacial score (nSPS) is 12.4. The zero-order chi connectivity index (χ0) is 21.6. The number of esters is 1. The summed E-state index contributed by atoms with van der Waals surface area (Å²) < 4.78 is 15.6. The molecule has 0 radical (unpaired) electrons. The highest BCUT2D eigenvalue weighted by molar-refractivity contribution is 7.36. The zero-order valence-electron chi connectivity index (χ0n) is 17.6. The Morgan fingerprint density at radius 2 is 1.65 bits per heavy atom. The Bertz CT molecular complexity index is 1190. The predicted molar refractivity (Wildman–Crippen MR) is 129 cm³/mol. The molecule has 162 valence electrons. The van der Waals surface area contributed by atoms with Crippen molar-refractivity contribution in [1.82, 2.24) is 0 Å². The van der Waals surface area contributed by atoms with Gasteiger partial charge in [-0.3, -0.25) is 9.59 Å². The number of carbonyl (C=O) groups excluding carboxylic acids is 2. The first-order chi connectivity index (χ1) is 15.2. The van der Waals surface area contributed by atoms with Crippen LogP contribution in [-0.4, -0.2) is 19.0 Å². The maximum atomic E-state index is 12.2. The number of fused-ring (bicyclic) bond motifs is 5. The first-order valence-electron chi connectivity index (χ1n) is 10.8. The fraction of sp³-hybridized carbons (Fsp3) is 0.360. The number of carbonyl (C=O) groups is 2. The van der Waals surface area contributed by atoms with Crippen molar-refractivity contribution >= 4 is 64.7 Å². The Morgan fingerprint density at radius 3 is 2.48 bits per heavy atom.